The van der Waals surface area contributed by atoms with Crippen LogP contribution in [0.15, 0.2) is 42.5 Å². The number of carbonyl (C=O) groups is 2. The molecule has 154 valence electrons. The maximum Gasteiger partial charge on any atom is 0.228 e. The molecule has 29 heavy (non-hydrogen) atoms. The van der Waals surface area contributed by atoms with Crippen molar-refractivity contribution in [3.8, 4) is 11.5 Å². The molecule has 6 nitrogen and oxygen atoms in total. The topological polar surface area (TPSA) is 59.1 Å². The minimum atomic E-state index is -0.406. The third-order valence-electron chi connectivity index (χ3n) is 5.13. The first-order chi connectivity index (χ1) is 14.0. The van der Waals surface area contributed by atoms with Crippen LogP contribution in [0.4, 0.5) is 5.69 Å². The molecule has 0 bridgehead atoms. The molecule has 0 N–H and O–H groups in total. The van der Waals surface area contributed by atoms with E-state index in [0.29, 0.717) is 41.8 Å². The van der Waals surface area contributed by atoms with Crippen molar-refractivity contribution < 1.29 is 19.1 Å². The Labute approximate surface area is 176 Å². The Bertz CT molecular complexity index is 888. The SMILES string of the molecule is CCN(Cc1ccccc1)C(=O)C1CC(=O)N(c2cc(Cl)c(OC)cc2OC)C1. The van der Waals surface area contributed by atoms with Gasteiger partial charge < -0.3 is 19.3 Å². The largest absolute Gasteiger partial charge is 0.495 e. The summed E-state index contributed by atoms with van der Waals surface area (Å²) >= 11 is 6.25. The van der Waals surface area contributed by atoms with Gasteiger partial charge in [-0.25, -0.2) is 0 Å². The molecule has 1 fully saturated rings. The molecule has 0 spiro atoms. The Morgan fingerprint density at radius 2 is 1.86 bits per heavy atom. The van der Waals surface area contributed by atoms with E-state index in [1.807, 2.05) is 37.3 Å². The van der Waals surface area contributed by atoms with Crippen LogP contribution >= 0.6 is 11.6 Å². The summed E-state index contributed by atoms with van der Waals surface area (Å²) in [5, 5.41) is 0.380. The Morgan fingerprint density at radius 3 is 2.48 bits per heavy atom. The van der Waals surface area contributed by atoms with Gasteiger partial charge in [-0.1, -0.05) is 41.9 Å². The van der Waals surface area contributed by atoms with E-state index in [2.05, 4.69) is 0 Å². The van der Waals surface area contributed by atoms with Crippen molar-refractivity contribution in [1.82, 2.24) is 4.90 Å². The molecule has 1 atom stereocenters. The fraction of sp³-hybridized carbons (Fsp3) is 0.364. The standard InChI is InChI=1S/C22H25ClN2O4/c1-4-24(13-15-8-6-5-7-9-15)22(27)16-10-21(26)25(14-16)18-11-17(23)19(28-2)12-20(18)29-3/h5-9,11-12,16H,4,10,13-14H2,1-3H3. The van der Waals surface area contributed by atoms with Crippen LogP contribution in [0.1, 0.15) is 18.9 Å². The van der Waals surface area contributed by atoms with Gasteiger partial charge in [-0.15, -0.1) is 0 Å². The summed E-state index contributed by atoms with van der Waals surface area (Å²) in [6.45, 7) is 3.35. The quantitative estimate of drug-likeness (QED) is 0.689. The van der Waals surface area contributed by atoms with E-state index in [9.17, 15) is 9.59 Å². The predicted molar refractivity (Wildman–Crippen MR) is 113 cm³/mol. The van der Waals surface area contributed by atoms with Gasteiger partial charge >= 0.3 is 0 Å². The van der Waals surface area contributed by atoms with Crippen molar-refractivity contribution in [2.24, 2.45) is 5.92 Å². The van der Waals surface area contributed by atoms with Crippen LogP contribution < -0.4 is 14.4 Å². The molecule has 0 aliphatic carbocycles. The summed E-state index contributed by atoms with van der Waals surface area (Å²) < 4.78 is 10.6. The van der Waals surface area contributed by atoms with E-state index in [1.165, 1.54) is 14.2 Å². The number of hydrogen-bond acceptors (Lipinski definition) is 4. The molecule has 2 amide bonds. The molecular weight excluding hydrogens is 392 g/mol. The summed E-state index contributed by atoms with van der Waals surface area (Å²) in [7, 11) is 3.04. The van der Waals surface area contributed by atoms with Gasteiger partial charge in [0.2, 0.25) is 11.8 Å². The number of nitrogens with zero attached hydrogens (tertiary/aromatic N) is 2. The number of methoxy groups -OCH3 is 2. The molecular formula is C22H25ClN2O4. The van der Waals surface area contributed by atoms with E-state index in [4.69, 9.17) is 21.1 Å². The number of ether oxygens (including phenoxy) is 2. The van der Waals surface area contributed by atoms with Crippen molar-refractivity contribution >= 4 is 29.1 Å². The van der Waals surface area contributed by atoms with Gasteiger partial charge in [0, 0.05) is 32.1 Å². The van der Waals surface area contributed by atoms with E-state index in [-0.39, 0.29) is 18.2 Å². The second-order valence-electron chi connectivity index (χ2n) is 6.90. The molecule has 1 aliphatic rings. The first kappa shape index (κ1) is 21.0. The predicted octanol–water partition coefficient (Wildman–Crippen LogP) is 3.76. The lowest BCUT2D eigenvalue weighted by Gasteiger charge is -2.25. The molecule has 3 rings (SSSR count). The zero-order valence-corrected chi connectivity index (χ0v) is 17.6. The smallest absolute Gasteiger partial charge is 0.228 e. The third kappa shape index (κ3) is 4.48. The number of anilines is 1. The highest BCUT2D eigenvalue weighted by Gasteiger charge is 2.38. The molecule has 0 saturated carbocycles. The molecule has 2 aromatic rings. The molecule has 1 unspecified atom stereocenters. The number of benzene rings is 2. The number of carbonyl (C=O) groups excluding carboxylic acids is 2. The van der Waals surface area contributed by atoms with E-state index < -0.39 is 5.92 Å². The average molecular weight is 417 g/mol. The number of halogens is 1. The van der Waals surface area contributed by atoms with Crippen LogP contribution in [0.2, 0.25) is 5.02 Å². The maximum atomic E-state index is 13.1. The van der Waals surface area contributed by atoms with E-state index in [0.717, 1.165) is 5.56 Å². The second-order valence-corrected chi connectivity index (χ2v) is 7.31. The van der Waals surface area contributed by atoms with Gasteiger partial charge in [-0.3, -0.25) is 9.59 Å². The van der Waals surface area contributed by atoms with Crippen molar-refractivity contribution in [1.29, 1.82) is 0 Å². The van der Waals surface area contributed by atoms with Crippen molar-refractivity contribution in [3.63, 3.8) is 0 Å². The Balaban J connectivity index is 1.79. The number of amides is 2. The lowest BCUT2D eigenvalue weighted by Crippen LogP contribution is -2.37. The van der Waals surface area contributed by atoms with Gasteiger partial charge in [0.25, 0.3) is 0 Å². The van der Waals surface area contributed by atoms with Crippen LogP contribution in [-0.4, -0.2) is 44.0 Å². The fourth-order valence-electron chi connectivity index (χ4n) is 3.57. The van der Waals surface area contributed by atoms with Gasteiger partial charge in [0.05, 0.1) is 30.8 Å². The summed E-state index contributed by atoms with van der Waals surface area (Å²) in [5.74, 6) is 0.386. The second kappa shape index (κ2) is 9.18. The molecule has 0 aromatic heterocycles. The first-order valence-electron chi connectivity index (χ1n) is 9.53. The number of hydrogen-bond donors (Lipinski definition) is 0. The molecule has 1 saturated heterocycles. The van der Waals surface area contributed by atoms with Crippen molar-refractivity contribution in [2.45, 2.75) is 19.9 Å². The highest BCUT2D eigenvalue weighted by atomic mass is 35.5. The van der Waals surface area contributed by atoms with Crippen molar-refractivity contribution in [2.75, 3.05) is 32.2 Å². The zero-order chi connectivity index (χ0) is 21.0. The molecule has 7 heteroatoms. The molecule has 1 heterocycles. The van der Waals surface area contributed by atoms with Gasteiger partial charge in [0.15, 0.2) is 0 Å². The zero-order valence-electron chi connectivity index (χ0n) is 16.9. The lowest BCUT2D eigenvalue weighted by molar-refractivity contribution is -0.136. The average Bonchev–Trinajstić information content (AvgIpc) is 3.13. The molecule has 1 aliphatic heterocycles. The fourth-order valence-corrected chi connectivity index (χ4v) is 3.80. The van der Waals surface area contributed by atoms with Crippen LogP contribution in [0.3, 0.4) is 0 Å². The maximum absolute atomic E-state index is 13.1. The lowest BCUT2D eigenvalue weighted by atomic mass is 10.1. The summed E-state index contributed by atoms with van der Waals surface area (Å²) in [5.41, 5.74) is 1.61. The van der Waals surface area contributed by atoms with Crippen LogP contribution in [0.5, 0.6) is 11.5 Å². The molecule has 0 radical (unpaired) electrons. The summed E-state index contributed by atoms with van der Waals surface area (Å²) in [6, 6.07) is 13.1. The minimum absolute atomic E-state index is 0.0224. The Morgan fingerprint density at radius 1 is 1.17 bits per heavy atom. The van der Waals surface area contributed by atoms with Crippen molar-refractivity contribution in [3.05, 3.63) is 53.1 Å². The van der Waals surface area contributed by atoms with Crippen LogP contribution in [-0.2, 0) is 16.1 Å². The third-order valence-corrected chi connectivity index (χ3v) is 5.42. The highest BCUT2D eigenvalue weighted by molar-refractivity contribution is 6.32. The minimum Gasteiger partial charge on any atom is -0.495 e. The Hall–Kier alpha value is -2.73. The Kier molecular flexibility index (Phi) is 6.64. The van der Waals surface area contributed by atoms with E-state index >= 15 is 0 Å². The molecule has 2 aromatic carbocycles. The van der Waals surface area contributed by atoms with E-state index in [1.54, 1.807) is 21.9 Å². The van der Waals surface area contributed by atoms with Gasteiger partial charge in [-0.2, -0.15) is 0 Å². The highest BCUT2D eigenvalue weighted by Crippen LogP contribution is 2.40. The normalized spacial score (nSPS) is 16.1. The summed E-state index contributed by atoms with van der Waals surface area (Å²) in [6.07, 6.45) is 0.164. The number of rotatable bonds is 7. The van der Waals surface area contributed by atoms with Gasteiger partial charge in [-0.05, 0) is 18.6 Å². The monoisotopic (exact) mass is 416 g/mol. The van der Waals surface area contributed by atoms with Crippen LogP contribution in [0, 0.1) is 5.92 Å². The van der Waals surface area contributed by atoms with Gasteiger partial charge in [0.1, 0.15) is 11.5 Å². The van der Waals surface area contributed by atoms with Crippen LogP contribution in [0.25, 0.3) is 0 Å². The summed E-state index contributed by atoms with van der Waals surface area (Å²) in [4.78, 5) is 29.2. The first-order valence-corrected chi connectivity index (χ1v) is 9.90.